The lowest BCUT2D eigenvalue weighted by molar-refractivity contribution is -0.134. The van der Waals surface area contributed by atoms with Crippen molar-refractivity contribution in [3.63, 3.8) is 0 Å². The van der Waals surface area contributed by atoms with Crippen LogP contribution in [0.25, 0.3) is 10.8 Å². The van der Waals surface area contributed by atoms with Gasteiger partial charge in [0.2, 0.25) is 0 Å². The minimum absolute atomic E-state index is 0.0707. The molecule has 0 unspecified atom stereocenters. The number of rotatable bonds is 6. The van der Waals surface area contributed by atoms with Crippen molar-refractivity contribution < 1.29 is 19.1 Å². The van der Waals surface area contributed by atoms with Crippen molar-refractivity contribution in [2.45, 2.75) is 19.8 Å². The smallest absolute Gasteiger partial charge is 0.311 e. The fraction of sp³-hybridized carbons (Fsp3) is 0.150. The number of nitrogens with two attached hydrogens (primary N) is 1. The van der Waals surface area contributed by atoms with E-state index in [1.807, 2.05) is 37.3 Å². The Labute approximate surface area is 150 Å². The van der Waals surface area contributed by atoms with Gasteiger partial charge >= 0.3 is 5.97 Å². The minimum Gasteiger partial charge on any atom is -0.457 e. The third kappa shape index (κ3) is 3.80. The van der Waals surface area contributed by atoms with E-state index in [0.29, 0.717) is 28.7 Å². The number of carbonyl (C=O) groups excluding carboxylic acids is 2. The zero-order valence-corrected chi connectivity index (χ0v) is 14.3. The van der Waals surface area contributed by atoms with Gasteiger partial charge in [0, 0.05) is 23.4 Å². The molecule has 1 heterocycles. The molecule has 3 aromatic rings. The van der Waals surface area contributed by atoms with Gasteiger partial charge in [0.15, 0.2) is 11.4 Å². The molecule has 0 saturated heterocycles. The Balaban J connectivity index is 2.01. The number of fused-ring (bicyclic) bond motifs is 1. The predicted molar refractivity (Wildman–Crippen MR) is 97.3 cm³/mol. The third-order valence-electron chi connectivity index (χ3n) is 3.70. The molecular weight excluding hydrogens is 332 g/mol. The van der Waals surface area contributed by atoms with Crippen LogP contribution in [0, 0.1) is 0 Å². The van der Waals surface area contributed by atoms with E-state index in [0.717, 1.165) is 0 Å². The molecule has 0 bridgehead atoms. The molecule has 6 heteroatoms. The van der Waals surface area contributed by atoms with Crippen LogP contribution in [0.15, 0.2) is 54.7 Å². The maximum absolute atomic E-state index is 11.9. The molecule has 132 valence electrons. The Morgan fingerprint density at radius 2 is 1.85 bits per heavy atom. The van der Waals surface area contributed by atoms with Crippen LogP contribution >= 0.6 is 0 Å². The number of para-hydroxylation sites is 1. The zero-order chi connectivity index (χ0) is 18.5. The van der Waals surface area contributed by atoms with Crippen LogP contribution < -0.4 is 15.2 Å². The molecule has 1 amide bonds. The fourth-order valence-corrected chi connectivity index (χ4v) is 2.51. The summed E-state index contributed by atoms with van der Waals surface area (Å²) in [4.78, 5) is 27.6. The molecule has 1 aromatic heterocycles. The number of ether oxygens (including phenoxy) is 2. The first kappa shape index (κ1) is 17.4. The summed E-state index contributed by atoms with van der Waals surface area (Å²) < 4.78 is 11.2. The lowest BCUT2D eigenvalue weighted by Gasteiger charge is -2.12. The highest BCUT2D eigenvalue weighted by Crippen LogP contribution is 2.32. The van der Waals surface area contributed by atoms with Gasteiger partial charge in [-0.15, -0.1) is 0 Å². The van der Waals surface area contributed by atoms with Gasteiger partial charge in [0.05, 0.1) is 0 Å². The number of primary amides is 1. The van der Waals surface area contributed by atoms with Gasteiger partial charge in [0.1, 0.15) is 11.5 Å². The largest absolute Gasteiger partial charge is 0.457 e. The Morgan fingerprint density at radius 1 is 1.08 bits per heavy atom. The predicted octanol–water partition coefficient (Wildman–Crippen LogP) is 3.83. The molecule has 6 nitrogen and oxygen atoms in total. The second kappa shape index (κ2) is 7.65. The maximum atomic E-state index is 11.9. The molecule has 2 N–H and O–H groups in total. The second-order valence-corrected chi connectivity index (χ2v) is 5.69. The van der Waals surface area contributed by atoms with Crippen LogP contribution in [0.4, 0.5) is 0 Å². The highest BCUT2D eigenvalue weighted by molar-refractivity contribution is 6.02. The van der Waals surface area contributed by atoms with Gasteiger partial charge in [-0.2, -0.15) is 0 Å². The molecule has 0 spiro atoms. The van der Waals surface area contributed by atoms with E-state index in [-0.39, 0.29) is 17.9 Å². The lowest BCUT2D eigenvalue weighted by Crippen LogP contribution is -2.17. The fourth-order valence-electron chi connectivity index (χ4n) is 2.51. The highest BCUT2D eigenvalue weighted by Gasteiger charge is 2.18. The first-order valence-corrected chi connectivity index (χ1v) is 8.24. The van der Waals surface area contributed by atoms with Crippen LogP contribution in [0.5, 0.6) is 17.2 Å². The Kier molecular flexibility index (Phi) is 5.12. The molecule has 0 atom stereocenters. The maximum Gasteiger partial charge on any atom is 0.311 e. The van der Waals surface area contributed by atoms with Gasteiger partial charge in [-0.1, -0.05) is 25.1 Å². The first-order valence-electron chi connectivity index (χ1n) is 8.24. The number of hydrogen-bond donors (Lipinski definition) is 1. The van der Waals surface area contributed by atoms with Crippen LogP contribution in [-0.4, -0.2) is 16.9 Å². The summed E-state index contributed by atoms with van der Waals surface area (Å²) in [5.74, 6) is 0.191. The van der Waals surface area contributed by atoms with Crippen LogP contribution in [0.2, 0.25) is 0 Å². The van der Waals surface area contributed by atoms with Crippen LogP contribution in [-0.2, 0) is 4.79 Å². The Morgan fingerprint density at radius 3 is 2.54 bits per heavy atom. The van der Waals surface area contributed by atoms with Crippen molar-refractivity contribution in [1.82, 2.24) is 4.98 Å². The second-order valence-electron chi connectivity index (χ2n) is 5.69. The lowest BCUT2D eigenvalue weighted by atomic mass is 10.1. The number of aromatic nitrogens is 1. The molecule has 0 aliphatic carbocycles. The van der Waals surface area contributed by atoms with E-state index in [1.165, 1.54) is 6.20 Å². The number of carbonyl (C=O) groups is 2. The number of nitrogens with zero attached hydrogens (tertiary/aromatic N) is 1. The zero-order valence-electron chi connectivity index (χ0n) is 14.3. The number of hydrogen-bond acceptors (Lipinski definition) is 5. The Bertz CT molecular complexity index is 955. The summed E-state index contributed by atoms with van der Waals surface area (Å²) in [6.07, 6.45) is 2.38. The highest BCUT2D eigenvalue weighted by atomic mass is 16.5. The first-order chi connectivity index (χ1) is 12.6. The summed E-state index contributed by atoms with van der Waals surface area (Å²) in [6, 6.07) is 14.6. The van der Waals surface area contributed by atoms with Crippen LogP contribution in [0.3, 0.4) is 0 Å². The van der Waals surface area contributed by atoms with Crippen molar-refractivity contribution in [2.24, 2.45) is 5.73 Å². The third-order valence-corrected chi connectivity index (χ3v) is 3.70. The van der Waals surface area contributed by atoms with E-state index >= 15 is 0 Å². The molecule has 3 rings (SSSR count). The minimum atomic E-state index is -0.754. The molecule has 2 aromatic carbocycles. The Hall–Kier alpha value is -3.41. The van der Waals surface area contributed by atoms with Gasteiger partial charge < -0.3 is 15.2 Å². The number of esters is 1. The molecule has 0 fully saturated rings. The molecule has 0 aliphatic heterocycles. The molecule has 26 heavy (non-hydrogen) atoms. The topological polar surface area (TPSA) is 91.5 Å². The summed E-state index contributed by atoms with van der Waals surface area (Å²) in [6.45, 7) is 1.87. The number of benzene rings is 2. The van der Waals surface area contributed by atoms with Crippen molar-refractivity contribution in [3.8, 4) is 17.2 Å². The summed E-state index contributed by atoms with van der Waals surface area (Å²) >= 11 is 0. The standard InChI is InChI=1S/C20H18N2O4/c1-2-6-17(23)26-19-16-10-9-15(25-14-7-4-3-5-8-14)11-13(16)12-22-18(19)20(21)24/h3-5,7-12H,2,6H2,1H3,(H2,21,24). The SMILES string of the molecule is CCCC(=O)Oc1c(C(N)=O)ncc2cc(Oc3ccccc3)ccc12. The van der Waals surface area contributed by atoms with E-state index in [1.54, 1.807) is 18.2 Å². The summed E-state index contributed by atoms with van der Waals surface area (Å²) in [7, 11) is 0. The van der Waals surface area contributed by atoms with Crippen molar-refractivity contribution >= 4 is 22.6 Å². The molecule has 0 aliphatic rings. The van der Waals surface area contributed by atoms with Gasteiger partial charge in [0.25, 0.3) is 5.91 Å². The average molecular weight is 350 g/mol. The van der Waals surface area contributed by atoms with Gasteiger partial charge in [-0.3, -0.25) is 9.59 Å². The van der Waals surface area contributed by atoms with Crippen molar-refractivity contribution in [2.75, 3.05) is 0 Å². The summed E-state index contributed by atoms with van der Waals surface area (Å²) in [5, 5.41) is 1.24. The monoisotopic (exact) mass is 350 g/mol. The summed E-state index contributed by atoms with van der Waals surface area (Å²) in [5.41, 5.74) is 5.30. The van der Waals surface area contributed by atoms with Crippen LogP contribution in [0.1, 0.15) is 30.3 Å². The quantitative estimate of drug-likeness (QED) is 0.682. The molecule has 0 saturated carbocycles. The number of amides is 1. The number of pyridine rings is 1. The average Bonchev–Trinajstić information content (AvgIpc) is 2.62. The van der Waals surface area contributed by atoms with E-state index in [4.69, 9.17) is 15.2 Å². The van der Waals surface area contributed by atoms with Gasteiger partial charge in [-0.25, -0.2) is 4.98 Å². The van der Waals surface area contributed by atoms with E-state index < -0.39 is 11.9 Å². The molecular formula is C20H18N2O4. The normalized spacial score (nSPS) is 10.5. The van der Waals surface area contributed by atoms with Crippen molar-refractivity contribution in [1.29, 1.82) is 0 Å². The van der Waals surface area contributed by atoms with E-state index in [9.17, 15) is 9.59 Å². The molecule has 0 radical (unpaired) electrons. The van der Waals surface area contributed by atoms with Crippen molar-refractivity contribution in [3.05, 3.63) is 60.4 Å². The van der Waals surface area contributed by atoms with E-state index in [2.05, 4.69) is 4.98 Å². The van der Waals surface area contributed by atoms with Gasteiger partial charge in [-0.05, 0) is 36.8 Å².